The number of hydrogen-bond acceptors (Lipinski definition) is 3. The molecule has 0 unspecified atom stereocenters. The lowest BCUT2D eigenvalue weighted by Crippen LogP contribution is -2.29. The summed E-state index contributed by atoms with van der Waals surface area (Å²) in [6, 6.07) is 5.64. The van der Waals surface area contributed by atoms with Crippen molar-refractivity contribution in [2.24, 2.45) is 0 Å². The predicted molar refractivity (Wildman–Crippen MR) is 82.1 cm³/mol. The van der Waals surface area contributed by atoms with Crippen molar-refractivity contribution in [3.05, 3.63) is 47.5 Å². The number of carbonyl (C=O) groups excluding carboxylic acids is 1. The molecule has 5 nitrogen and oxygen atoms in total. The Morgan fingerprint density at radius 1 is 1.28 bits per heavy atom. The summed E-state index contributed by atoms with van der Waals surface area (Å²) in [5, 5.41) is 6.63. The lowest BCUT2D eigenvalue weighted by atomic mass is 10.2. The Morgan fingerprint density at radius 3 is 2.56 bits per heavy atom. The second-order valence-corrected chi connectivity index (χ2v) is 5.17. The van der Waals surface area contributed by atoms with E-state index in [2.05, 4.69) is 15.2 Å². The van der Waals surface area contributed by atoms with E-state index in [1.165, 1.54) is 35.1 Å². The molecule has 0 atom stereocenters. The van der Waals surface area contributed by atoms with Crippen LogP contribution in [-0.4, -0.2) is 41.6 Å². The molecule has 0 aliphatic rings. The zero-order chi connectivity index (χ0) is 18.4. The van der Waals surface area contributed by atoms with E-state index in [0.717, 1.165) is 0 Å². The first-order valence-corrected chi connectivity index (χ1v) is 7.57. The molecule has 1 aromatic heterocycles. The fourth-order valence-electron chi connectivity index (χ4n) is 2.23. The average molecular weight is 359 g/mol. The Kier molecular flexibility index (Phi) is 6.13. The Balaban J connectivity index is 1.99. The number of nitrogens with one attached hydrogen (secondary N) is 1. The SMILES string of the molecule is CCc1c(C(=O)NCCOCC(F)(F)F)cnn1-c1ccc(F)cc1. The van der Waals surface area contributed by atoms with Gasteiger partial charge in [0, 0.05) is 6.54 Å². The fraction of sp³-hybridized carbons (Fsp3) is 0.375. The minimum absolute atomic E-state index is 0.0558. The summed E-state index contributed by atoms with van der Waals surface area (Å²) in [7, 11) is 0. The second kappa shape index (κ2) is 8.11. The van der Waals surface area contributed by atoms with E-state index < -0.39 is 18.7 Å². The monoisotopic (exact) mass is 359 g/mol. The van der Waals surface area contributed by atoms with Crippen LogP contribution in [0.4, 0.5) is 17.6 Å². The standard InChI is InChI=1S/C16H17F4N3O2/c1-2-14-13(15(24)21-7-8-25-10-16(18,19)20)9-22-23(14)12-5-3-11(17)4-6-12/h3-6,9H,2,7-8,10H2,1H3,(H,21,24). The summed E-state index contributed by atoms with van der Waals surface area (Å²) in [4.78, 5) is 12.2. The summed E-state index contributed by atoms with van der Waals surface area (Å²) in [6.07, 6.45) is -2.53. The fourth-order valence-corrected chi connectivity index (χ4v) is 2.23. The molecule has 0 bridgehead atoms. The highest BCUT2D eigenvalue weighted by atomic mass is 19.4. The number of hydrogen-bond donors (Lipinski definition) is 1. The van der Waals surface area contributed by atoms with Crippen molar-refractivity contribution >= 4 is 5.91 Å². The maximum absolute atomic E-state index is 13.0. The molecule has 0 fully saturated rings. The third kappa shape index (κ3) is 5.28. The largest absolute Gasteiger partial charge is 0.411 e. The summed E-state index contributed by atoms with van der Waals surface area (Å²) >= 11 is 0. The highest BCUT2D eigenvalue weighted by Gasteiger charge is 2.27. The van der Waals surface area contributed by atoms with Crippen LogP contribution < -0.4 is 5.32 Å². The zero-order valence-electron chi connectivity index (χ0n) is 13.4. The van der Waals surface area contributed by atoms with Gasteiger partial charge in [-0.2, -0.15) is 18.3 Å². The number of ether oxygens (including phenoxy) is 1. The van der Waals surface area contributed by atoms with Crippen molar-refractivity contribution in [1.29, 1.82) is 0 Å². The van der Waals surface area contributed by atoms with Crippen LogP contribution in [0.25, 0.3) is 5.69 Å². The van der Waals surface area contributed by atoms with E-state index in [1.54, 1.807) is 0 Å². The van der Waals surface area contributed by atoms with Crippen LogP contribution in [0.3, 0.4) is 0 Å². The van der Waals surface area contributed by atoms with Crippen molar-refractivity contribution in [1.82, 2.24) is 15.1 Å². The Bertz CT molecular complexity index is 711. The molecule has 2 rings (SSSR count). The first-order chi connectivity index (χ1) is 11.8. The zero-order valence-corrected chi connectivity index (χ0v) is 13.4. The number of rotatable bonds is 7. The van der Waals surface area contributed by atoms with Crippen molar-refractivity contribution < 1.29 is 27.1 Å². The van der Waals surface area contributed by atoms with Gasteiger partial charge in [-0.1, -0.05) is 6.92 Å². The molecule has 0 saturated heterocycles. The quantitative estimate of drug-likeness (QED) is 0.611. The third-order valence-electron chi connectivity index (χ3n) is 3.32. The molecule has 0 saturated carbocycles. The van der Waals surface area contributed by atoms with Gasteiger partial charge in [0.2, 0.25) is 0 Å². The molecule has 2 aromatic rings. The van der Waals surface area contributed by atoms with Gasteiger partial charge < -0.3 is 10.1 Å². The smallest absolute Gasteiger partial charge is 0.370 e. The van der Waals surface area contributed by atoms with Gasteiger partial charge in [-0.15, -0.1) is 0 Å². The Labute approximate surface area is 141 Å². The minimum Gasteiger partial charge on any atom is -0.370 e. The molecule has 9 heteroatoms. The third-order valence-corrected chi connectivity index (χ3v) is 3.32. The summed E-state index contributed by atoms with van der Waals surface area (Å²) in [5.41, 5.74) is 1.52. The Morgan fingerprint density at radius 2 is 1.96 bits per heavy atom. The summed E-state index contributed by atoms with van der Waals surface area (Å²) < 4.78 is 54.8. The van der Waals surface area contributed by atoms with Gasteiger partial charge >= 0.3 is 6.18 Å². The Hall–Kier alpha value is -2.42. The van der Waals surface area contributed by atoms with Crippen molar-refractivity contribution in [3.63, 3.8) is 0 Å². The molecule has 136 valence electrons. The topological polar surface area (TPSA) is 56.1 Å². The van der Waals surface area contributed by atoms with Crippen molar-refractivity contribution in [2.45, 2.75) is 19.5 Å². The van der Waals surface area contributed by atoms with E-state index in [4.69, 9.17) is 0 Å². The molecule has 0 aliphatic heterocycles. The number of aromatic nitrogens is 2. The highest BCUT2D eigenvalue weighted by molar-refractivity contribution is 5.95. The minimum atomic E-state index is -4.39. The molecule has 0 spiro atoms. The van der Waals surface area contributed by atoms with Crippen molar-refractivity contribution in [3.8, 4) is 5.69 Å². The second-order valence-electron chi connectivity index (χ2n) is 5.17. The number of halogens is 4. The van der Waals surface area contributed by atoms with Gasteiger partial charge in [0.1, 0.15) is 12.4 Å². The molecule has 1 N–H and O–H groups in total. The highest BCUT2D eigenvalue weighted by Crippen LogP contribution is 2.16. The molecule has 0 aliphatic carbocycles. The summed E-state index contributed by atoms with van der Waals surface area (Å²) in [6.45, 7) is 0.171. The van der Waals surface area contributed by atoms with E-state index in [9.17, 15) is 22.4 Å². The number of alkyl halides is 3. The maximum atomic E-state index is 13.0. The van der Waals surface area contributed by atoms with Gasteiger partial charge in [-0.05, 0) is 30.7 Å². The maximum Gasteiger partial charge on any atom is 0.411 e. The number of benzene rings is 1. The number of nitrogens with zero attached hydrogens (tertiary/aromatic N) is 2. The van der Waals surface area contributed by atoms with Gasteiger partial charge in [-0.25, -0.2) is 9.07 Å². The van der Waals surface area contributed by atoms with Crippen LogP contribution in [-0.2, 0) is 11.2 Å². The van der Waals surface area contributed by atoms with E-state index in [-0.39, 0.29) is 19.0 Å². The van der Waals surface area contributed by atoms with Gasteiger partial charge in [0.25, 0.3) is 5.91 Å². The molecule has 25 heavy (non-hydrogen) atoms. The number of amides is 1. The molecule has 1 heterocycles. The first-order valence-electron chi connectivity index (χ1n) is 7.57. The molecular weight excluding hydrogens is 342 g/mol. The van der Waals surface area contributed by atoms with E-state index >= 15 is 0 Å². The molecule has 1 aromatic carbocycles. The van der Waals surface area contributed by atoms with Crippen LogP contribution in [0.1, 0.15) is 23.0 Å². The van der Waals surface area contributed by atoms with Crippen LogP contribution in [0.15, 0.2) is 30.5 Å². The average Bonchev–Trinajstić information content (AvgIpc) is 2.98. The van der Waals surface area contributed by atoms with E-state index in [1.807, 2.05) is 6.92 Å². The molecule has 1 amide bonds. The molecular formula is C16H17F4N3O2. The van der Waals surface area contributed by atoms with Gasteiger partial charge in [0.05, 0.1) is 29.7 Å². The van der Waals surface area contributed by atoms with E-state index in [0.29, 0.717) is 23.4 Å². The predicted octanol–water partition coefficient (Wildman–Crippen LogP) is 2.88. The first kappa shape index (κ1) is 18.9. The van der Waals surface area contributed by atoms with Crippen LogP contribution in [0, 0.1) is 5.82 Å². The van der Waals surface area contributed by atoms with Gasteiger partial charge in [-0.3, -0.25) is 4.79 Å². The number of carbonyl (C=O) groups is 1. The van der Waals surface area contributed by atoms with Crippen LogP contribution in [0.5, 0.6) is 0 Å². The lowest BCUT2D eigenvalue weighted by molar-refractivity contribution is -0.173. The van der Waals surface area contributed by atoms with Crippen LogP contribution >= 0.6 is 0 Å². The normalized spacial score (nSPS) is 11.6. The molecule has 0 radical (unpaired) electrons. The van der Waals surface area contributed by atoms with Gasteiger partial charge in [0.15, 0.2) is 0 Å². The lowest BCUT2D eigenvalue weighted by Gasteiger charge is -2.10. The summed E-state index contributed by atoms with van der Waals surface area (Å²) in [5.74, 6) is -0.841. The van der Waals surface area contributed by atoms with Crippen LogP contribution in [0.2, 0.25) is 0 Å². The van der Waals surface area contributed by atoms with Crippen molar-refractivity contribution in [2.75, 3.05) is 19.8 Å².